The molecule has 0 unspecified atom stereocenters. The summed E-state index contributed by atoms with van der Waals surface area (Å²) in [7, 11) is 0. The molecule has 0 radical (unpaired) electrons. The van der Waals surface area contributed by atoms with E-state index in [9.17, 15) is 9.18 Å². The zero-order chi connectivity index (χ0) is 16.5. The monoisotopic (exact) mass is 343 g/mol. The summed E-state index contributed by atoms with van der Waals surface area (Å²) in [6, 6.07) is 9.99. The molecule has 1 fully saturated rings. The standard InChI is InChI=1S/C16H14FN5OS/c17-11-3-1-10(2-4-11)16-20-19-13-7-8-15(21-22(13)16)24-9-14(23)18-12-5-6-12/h1-4,7-8,12H,5-6,9H2,(H,18,23). The van der Waals surface area contributed by atoms with Crippen LogP contribution < -0.4 is 5.32 Å². The van der Waals surface area contributed by atoms with E-state index < -0.39 is 0 Å². The number of rotatable bonds is 5. The molecular weight excluding hydrogens is 329 g/mol. The number of fused-ring (bicyclic) bond motifs is 1. The first kappa shape index (κ1) is 15.1. The highest BCUT2D eigenvalue weighted by Gasteiger charge is 2.23. The summed E-state index contributed by atoms with van der Waals surface area (Å²) >= 11 is 1.36. The lowest BCUT2D eigenvalue weighted by molar-refractivity contribution is -0.118. The molecule has 2 heterocycles. The second-order valence-electron chi connectivity index (χ2n) is 5.60. The average Bonchev–Trinajstić information content (AvgIpc) is 3.30. The van der Waals surface area contributed by atoms with Crippen LogP contribution in [0.15, 0.2) is 41.4 Å². The zero-order valence-electron chi connectivity index (χ0n) is 12.6. The maximum atomic E-state index is 13.1. The van der Waals surface area contributed by atoms with E-state index in [0.717, 1.165) is 18.4 Å². The van der Waals surface area contributed by atoms with Gasteiger partial charge < -0.3 is 5.32 Å². The van der Waals surface area contributed by atoms with Crippen molar-refractivity contribution in [1.29, 1.82) is 0 Å². The van der Waals surface area contributed by atoms with Crippen LogP contribution in [0, 0.1) is 5.82 Å². The quantitative estimate of drug-likeness (QED) is 0.720. The summed E-state index contributed by atoms with van der Waals surface area (Å²) in [5.41, 5.74) is 1.33. The molecule has 0 atom stereocenters. The lowest BCUT2D eigenvalue weighted by Crippen LogP contribution is -2.27. The average molecular weight is 343 g/mol. The Morgan fingerprint density at radius 3 is 2.75 bits per heavy atom. The molecule has 0 bridgehead atoms. The maximum Gasteiger partial charge on any atom is 0.230 e. The van der Waals surface area contributed by atoms with E-state index in [4.69, 9.17) is 0 Å². The molecule has 6 nitrogen and oxygen atoms in total. The fourth-order valence-corrected chi connectivity index (χ4v) is 2.93. The summed E-state index contributed by atoms with van der Waals surface area (Å²) in [5.74, 6) is 0.573. The number of carbonyl (C=O) groups is 1. The minimum Gasteiger partial charge on any atom is -0.353 e. The predicted molar refractivity (Wildman–Crippen MR) is 88.1 cm³/mol. The summed E-state index contributed by atoms with van der Waals surface area (Å²) in [4.78, 5) is 11.8. The molecular formula is C16H14FN5OS. The molecule has 1 aliphatic rings. The largest absolute Gasteiger partial charge is 0.353 e. The number of amides is 1. The van der Waals surface area contributed by atoms with Crippen molar-refractivity contribution in [3.05, 3.63) is 42.2 Å². The number of halogens is 1. The van der Waals surface area contributed by atoms with Crippen LogP contribution in [0.25, 0.3) is 17.0 Å². The third-order valence-corrected chi connectivity index (χ3v) is 4.55. The van der Waals surface area contributed by atoms with Crippen molar-refractivity contribution >= 4 is 23.3 Å². The Hall–Kier alpha value is -2.48. The van der Waals surface area contributed by atoms with Crippen LogP contribution in [0.3, 0.4) is 0 Å². The Morgan fingerprint density at radius 1 is 1.21 bits per heavy atom. The first-order valence-corrected chi connectivity index (χ1v) is 8.58. The molecule has 1 N–H and O–H groups in total. The van der Waals surface area contributed by atoms with Crippen LogP contribution in [0.5, 0.6) is 0 Å². The van der Waals surface area contributed by atoms with Crippen LogP contribution in [0.4, 0.5) is 4.39 Å². The number of hydrogen-bond acceptors (Lipinski definition) is 5. The van der Waals surface area contributed by atoms with Crippen molar-refractivity contribution in [2.75, 3.05) is 5.75 Å². The molecule has 8 heteroatoms. The number of nitrogens with zero attached hydrogens (tertiary/aromatic N) is 4. The number of benzene rings is 1. The Morgan fingerprint density at radius 2 is 2.00 bits per heavy atom. The molecule has 4 rings (SSSR count). The van der Waals surface area contributed by atoms with Gasteiger partial charge in [-0.2, -0.15) is 9.61 Å². The molecule has 0 aliphatic heterocycles. The SMILES string of the molecule is O=C(CSc1ccc2nnc(-c3ccc(F)cc3)n2n1)NC1CC1. The first-order valence-electron chi connectivity index (χ1n) is 7.59. The number of nitrogens with one attached hydrogen (secondary N) is 1. The lowest BCUT2D eigenvalue weighted by atomic mass is 10.2. The molecule has 0 spiro atoms. The van der Waals surface area contributed by atoms with Gasteiger partial charge in [-0.1, -0.05) is 11.8 Å². The van der Waals surface area contributed by atoms with Crippen molar-refractivity contribution in [1.82, 2.24) is 25.1 Å². The number of aromatic nitrogens is 4. The second kappa shape index (κ2) is 6.20. The highest BCUT2D eigenvalue weighted by Crippen LogP contribution is 2.22. The van der Waals surface area contributed by atoms with Gasteiger partial charge >= 0.3 is 0 Å². The van der Waals surface area contributed by atoms with Gasteiger partial charge in [0.2, 0.25) is 5.91 Å². The van der Waals surface area contributed by atoms with Crippen molar-refractivity contribution < 1.29 is 9.18 Å². The number of hydrogen-bond donors (Lipinski definition) is 1. The molecule has 122 valence electrons. The topological polar surface area (TPSA) is 72.2 Å². The molecule has 2 aromatic heterocycles. The number of thioether (sulfide) groups is 1. The Labute approximate surface area is 141 Å². The van der Waals surface area contributed by atoms with Gasteiger partial charge in [0.05, 0.1) is 5.75 Å². The third-order valence-electron chi connectivity index (χ3n) is 3.63. The van der Waals surface area contributed by atoms with E-state index in [1.165, 1.54) is 23.9 Å². The van der Waals surface area contributed by atoms with Gasteiger partial charge in [-0.25, -0.2) is 4.39 Å². The molecule has 0 saturated heterocycles. The van der Waals surface area contributed by atoms with Crippen LogP contribution in [0.2, 0.25) is 0 Å². The van der Waals surface area contributed by atoms with Crippen molar-refractivity contribution in [2.45, 2.75) is 23.9 Å². The molecule has 3 aromatic rings. The van der Waals surface area contributed by atoms with Gasteiger partial charge in [0, 0.05) is 11.6 Å². The highest BCUT2D eigenvalue weighted by molar-refractivity contribution is 7.99. The minimum absolute atomic E-state index is 0.0203. The van der Waals surface area contributed by atoms with E-state index in [0.29, 0.717) is 28.3 Å². The van der Waals surface area contributed by atoms with Gasteiger partial charge in [-0.3, -0.25) is 4.79 Å². The van der Waals surface area contributed by atoms with Gasteiger partial charge in [0.15, 0.2) is 11.5 Å². The lowest BCUT2D eigenvalue weighted by Gasteiger charge is -2.04. The van der Waals surface area contributed by atoms with Crippen molar-refractivity contribution in [3.8, 4) is 11.4 Å². The Bertz CT molecular complexity index is 891. The third kappa shape index (κ3) is 3.23. The molecule has 1 aromatic carbocycles. The van der Waals surface area contributed by atoms with Gasteiger partial charge in [-0.05, 0) is 49.2 Å². The van der Waals surface area contributed by atoms with Crippen LogP contribution >= 0.6 is 11.8 Å². The summed E-state index contributed by atoms with van der Waals surface area (Å²) < 4.78 is 14.7. The summed E-state index contributed by atoms with van der Waals surface area (Å²) in [6.45, 7) is 0. The molecule has 24 heavy (non-hydrogen) atoms. The van der Waals surface area contributed by atoms with Gasteiger partial charge in [-0.15, -0.1) is 10.2 Å². The highest BCUT2D eigenvalue weighted by atomic mass is 32.2. The van der Waals surface area contributed by atoms with Gasteiger partial charge in [0.25, 0.3) is 0 Å². The van der Waals surface area contributed by atoms with Crippen molar-refractivity contribution in [3.63, 3.8) is 0 Å². The van der Waals surface area contributed by atoms with E-state index in [2.05, 4.69) is 20.6 Å². The van der Waals surface area contributed by atoms with E-state index >= 15 is 0 Å². The molecule has 1 amide bonds. The van der Waals surface area contributed by atoms with Crippen LogP contribution in [0.1, 0.15) is 12.8 Å². The fraction of sp³-hybridized carbons (Fsp3) is 0.250. The van der Waals surface area contributed by atoms with E-state index in [1.807, 2.05) is 6.07 Å². The van der Waals surface area contributed by atoms with Crippen LogP contribution in [-0.2, 0) is 4.79 Å². The van der Waals surface area contributed by atoms with Gasteiger partial charge in [0.1, 0.15) is 10.8 Å². The zero-order valence-corrected chi connectivity index (χ0v) is 13.5. The molecule has 1 saturated carbocycles. The van der Waals surface area contributed by atoms with E-state index in [1.54, 1.807) is 22.7 Å². The first-order chi connectivity index (χ1) is 11.7. The predicted octanol–water partition coefficient (Wildman–Crippen LogP) is 2.30. The van der Waals surface area contributed by atoms with E-state index in [-0.39, 0.29) is 11.7 Å². The smallest absolute Gasteiger partial charge is 0.230 e. The van der Waals surface area contributed by atoms with Crippen LogP contribution in [-0.4, -0.2) is 37.5 Å². The summed E-state index contributed by atoms with van der Waals surface area (Å²) in [6.07, 6.45) is 2.14. The molecule has 1 aliphatic carbocycles. The minimum atomic E-state index is -0.307. The fourth-order valence-electron chi connectivity index (χ4n) is 2.26. The second-order valence-corrected chi connectivity index (χ2v) is 6.60. The normalized spacial score (nSPS) is 14.0. The number of carbonyl (C=O) groups excluding carboxylic acids is 1. The summed E-state index contributed by atoms with van der Waals surface area (Å²) in [5, 5.41) is 16.3. The maximum absolute atomic E-state index is 13.1. The Kier molecular flexibility index (Phi) is 3.89. The van der Waals surface area contributed by atoms with Crippen molar-refractivity contribution in [2.24, 2.45) is 0 Å². The Balaban J connectivity index is 1.56.